The van der Waals surface area contributed by atoms with Gasteiger partial charge in [0.05, 0.1) is 17.1 Å². The van der Waals surface area contributed by atoms with Crippen molar-refractivity contribution in [3.63, 3.8) is 0 Å². The van der Waals surface area contributed by atoms with Crippen molar-refractivity contribution in [2.24, 2.45) is 0 Å². The predicted octanol–water partition coefficient (Wildman–Crippen LogP) is 3.16. The van der Waals surface area contributed by atoms with Gasteiger partial charge < -0.3 is 8.92 Å². The van der Waals surface area contributed by atoms with Crippen molar-refractivity contribution in [1.82, 2.24) is 0 Å². The van der Waals surface area contributed by atoms with Crippen LogP contribution in [0.25, 0.3) is 0 Å². The number of nitro groups is 1. The van der Waals surface area contributed by atoms with E-state index in [0.717, 1.165) is 6.07 Å². The van der Waals surface area contributed by atoms with Crippen LogP contribution in [0, 0.1) is 24.0 Å². The Kier molecular flexibility index (Phi) is 5.61. The molecule has 0 fully saturated rings. The number of carbonyl (C=O) groups is 1. The highest BCUT2D eigenvalue weighted by Crippen LogP contribution is 2.28. The van der Waals surface area contributed by atoms with Gasteiger partial charge in [-0.3, -0.25) is 10.1 Å². The molecule has 0 aliphatic rings. The molecular formula is C17H17NO7S. The zero-order chi connectivity index (χ0) is 19.5. The lowest BCUT2D eigenvalue weighted by molar-refractivity contribution is -0.385. The molecule has 0 aliphatic heterocycles. The fourth-order valence-corrected chi connectivity index (χ4v) is 3.46. The Labute approximate surface area is 150 Å². The second-order valence-electron chi connectivity index (χ2n) is 5.43. The monoisotopic (exact) mass is 379 g/mol. The highest BCUT2D eigenvalue weighted by Gasteiger charge is 2.24. The van der Waals surface area contributed by atoms with Gasteiger partial charge in [0.1, 0.15) is 10.6 Å². The Bertz CT molecular complexity index is 950. The number of esters is 1. The van der Waals surface area contributed by atoms with Gasteiger partial charge in [0.15, 0.2) is 0 Å². The summed E-state index contributed by atoms with van der Waals surface area (Å²) in [5.74, 6) is -0.561. The van der Waals surface area contributed by atoms with Crippen LogP contribution >= 0.6 is 0 Å². The highest BCUT2D eigenvalue weighted by atomic mass is 32.2. The summed E-state index contributed by atoms with van der Waals surface area (Å²) in [5.41, 5.74) is 0.727. The Hall–Kier alpha value is -2.94. The van der Waals surface area contributed by atoms with E-state index < -0.39 is 21.0 Å². The van der Waals surface area contributed by atoms with Gasteiger partial charge in [-0.25, -0.2) is 4.79 Å². The fourth-order valence-electron chi connectivity index (χ4n) is 2.21. The first-order chi connectivity index (χ1) is 12.2. The van der Waals surface area contributed by atoms with Gasteiger partial charge >= 0.3 is 16.1 Å². The third-order valence-electron chi connectivity index (χ3n) is 3.66. The van der Waals surface area contributed by atoms with Gasteiger partial charge in [-0.2, -0.15) is 8.42 Å². The molecule has 138 valence electrons. The van der Waals surface area contributed by atoms with E-state index in [1.807, 2.05) is 0 Å². The average Bonchev–Trinajstić information content (AvgIpc) is 2.57. The third kappa shape index (κ3) is 4.17. The maximum Gasteiger partial charge on any atom is 0.339 e. The number of non-ortho nitro benzene ring substituents is 1. The molecule has 0 unspecified atom stereocenters. The van der Waals surface area contributed by atoms with E-state index in [1.54, 1.807) is 20.8 Å². The Balaban J connectivity index is 2.35. The van der Waals surface area contributed by atoms with Crippen molar-refractivity contribution in [2.75, 3.05) is 6.61 Å². The molecule has 0 heterocycles. The van der Waals surface area contributed by atoms with Crippen LogP contribution in [-0.4, -0.2) is 25.9 Å². The summed E-state index contributed by atoms with van der Waals surface area (Å²) < 4.78 is 35.0. The Morgan fingerprint density at radius 2 is 1.77 bits per heavy atom. The van der Waals surface area contributed by atoms with Crippen LogP contribution in [0.3, 0.4) is 0 Å². The summed E-state index contributed by atoms with van der Waals surface area (Å²) in [5, 5.41) is 11.0. The molecular weight excluding hydrogens is 362 g/mol. The number of carbonyl (C=O) groups excluding carboxylic acids is 1. The van der Waals surface area contributed by atoms with Crippen molar-refractivity contribution >= 4 is 21.8 Å². The summed E-state index contributed by atoms with van der Waals surface area (Å²) in [6.45, 7) is 5.01. The van der Waals surface area contributed by atoms with E-state index in [0.29, 0.717) is 11.1 Å². The Morgan fingerprint density at radius 3 is 2.31 bits per heavy atom. The van der Waals surface area contributed by atoms with Crippen molar-refractivity contribution in [3.8, 4) is 5.75 Å². The van der Waals surface area contributed by atoms with Crippen LogP contribution < -0.4 is 4.18 Å². The van der Waals surface area contributed by atoms with E-state index >= 15 is 0 Å². The maximum atomic E-state index is 12.5. The van der Waals surface area contributed by atoms with E-state index in [2.05, 4.69) is 0 Å². The smallest absolute Gasteiger partial charge is 0.339 e. The van der Waals surface area contributed by atoms with Crippen LogP contribution in [-0.2, 0) is 14.9 Å². The molecule has 2 aromatic rings. The summed E-state index contributed by atoms with van der Waals surface area (Å²) in [4.78, 5) is 21.6. The van der Waals surface area contributed by atoms with Crippen LogP contribution in [0.2, 0.25) is 0 Å². The normalized spacial score (nSPS) is 11.0. The van der Waals surface area contributed by atoms with Gasteiger partial charge in [0.2, 0.25) is 0 Å². The number of nitrogens with zero attached hydrogens (tertiary/aromatic N) is 1. The number of nitro benzene ring substituents is 1. The molecule has 8 nitrogen and oxygen atoms in total. The molecule has 0 saturated carbocycles. The van der Waals surface area contributed by atoms with E-state index in [1.165, 1.54) is 30.3 Å². The maximum absolute atomic E-state index is 12.5. The minimum absolute atomic E-state index is 0.0263. The first-order valence-electron chi connectivity index (χ1n) is 7.63. The van der Waals surface area contributed by atoms with Crippen LogP contribution in [0.15, 0.2) is 41.3 Å². The number of ether oxygens (including phenoxy) is 1. The number of hydrogen-bond acceptors (Lipinski definition) is 7. The Morgan fingerprint density at radius 1 is 1.15 bits per heavy atom. The quantitative estimate of drug-likeness (QED) is 0.328. The van der Waals surface area contributed by atoms with Crippen molar-refractivity contribution < 1.29 is 27.1 Å². The summed E-state index contributed by atoms with van der Waals surface area (Å²) >= 11 is 0. The lowest BCUT2D eigenvalue weighted by atomic mass is 10.1. The van der Waals surface area contributed by atoms with Crippen molar-refractivity contribution in [3.05, 3.63) is 63.2 Å². The number of aryl methyl sites for hydroxylation is 1. The zero-order valence-corrected chi connectivity index (χ0v) is 15.2. The molecule has 0 aliphatic carbocycles. The standard InChI is InChI=1S/C17H17NO7S/c1-4-24-17(19)13-5-7-15(8-6-13)25-26(22,23)16-10-14(18(20)21)9-11(2)12(16)3/h5-10H,4H2,1-3H3. The fraction of sp³-hybridized carbons (Fsp3) is 0.235. The van der Waals surface area contributed by atoms with Crippen LogP contribution in [0.1, 0.15) is 28.4 Å². The first kappa shape index (κ1) is 19.4. The number of benzene rings is 2. The molecule has 0 N–H and O–H groups in total. The molecule has 0 amide bonds. The third-order valence-corrected chi connectivity index (χ3v) is 5.03. The van der Waals surface area contributed by atoms with Crippen molar-refractivity contribution in [1.29, 1.82) is 0 Å². The summed E-state index contributed by atoms with van der Waals surface area (Å²) in [6.07, 6.45) is 0. The molecule has 0 bridgehead atoms. The van der Waals surface area contributed by atoms with Crippen molar-refractivity contribution in [2.45, 2.75) is 25.7 Å². The summed E-state index contributed by atoms with van der Waals surface area (Å²) in [7, 11) is -4.29. The molecule has 2 aromatic carbocycles. The average molecular weight is 379 g/mol. The van der Waals surface area contributed by atoms with Gasteiger partial charge in [0.25, 0.3) is 5.69 Å². The molecule has 0 spiro atoms. The largest absolute Gasteiger partial charge is 0.462 e. The highest BCUT2D eigenvalue weighted by molar-refractivity contribution is 7.87. The van der Waals surface area contributed by atoms with E-state index in [4.69, 9.17) is 8.92 Å². The topological polar surface area (TPSA) is 113 Å². The zero-order valence-electron chi connectivity index (χ0n) is 14.4. The van der Waals surface area contributed by atoms with Gasteiger partial charge in [-0.1, -0.05) is 0 Å². The van der Waals surface area contributed by atoms with Gasteiger partial charge in [-0.05, 0) is 56.2 Å². The van der Waals surface area contributed by atoms with Gasteiger partial charge in [-0.15, -0.1) is 0 Å². The van der Waals surface area contributed by atoms with E-state index in [9.17, 15) is 23.3 Å². The number of rotatable bonds is 6. The first-order valence-corrected chi connectivity index (χ1v) is 9.04. The van der Waals surface area contributed by atoms with Crippen LogP contribution in [0.4, 0.5) is 5.69 Å². The minimum Gasteiger partial charge on any atom is -0.462 e. The lowest BCUT2D eigenvalue weighted by Gasteiger charge is -2.11. The minimum atomic E-state index is -4.29. The molecule has 0 radical (unpaired) electrons. The second-order valence-corrected chi connectivity index (χ2v) is 6.94. The summed E-state index contributed by atoms with van der Waals surface area (Å²) in [6, 6.07) is 7.61. The van der Waals surface area contributed by atoms with Crippen LogP contribution in [0.5, 0.6) is 5.75 Å². The molecule has 26 heavy (non-hydrogen) atoms. The molecule has 0 atom stereocenters. The predicted molar refractivity (Wildman–Crippen MR) is 92.8 cm³/mol. The molecule has 2 rings (SSSR count). The lowest BCUT2D eigenvalue weighted by Crippen LogP contribution is -2.13. The molecule has 9 heteroatoms. The van der Waals surface area contributed by atoms with Gasteiger partial charge in [0, 0.05) is 12.1 Å². The molecule has 0 aromatic heterocycles. The van der Waals surface area contributed by atoms with E-state index in [-0.39, 0.29) is 28.5 Å². The second kappa shape index (κ2) is 7.52. The number of hydrogen-bond donors (Lipinski definition) is 0. The SMILES string of the molecule is CCOC(=O)c1ccc(OS(=O)(=O)c2cc([N+](=O)[O-])cc(C)c2C)cc1. The molecule has 0 saturated heterocycles.